The number of amides is 1. The molecule has 1 aliphatic rings. The molecule has 25 heavy (non-hydrogen) atoms. The Morgan fingerprint density at radius 3 is 2.52 bits per heavy atom. The summed E-state index contributed by atoms with van der Waals surface area (Å²) in [6, 6.07) is 5.63. The lowest BCUT2D eigenvalue weighted by Gasteiger charge is -2.36. The number of carbonyl (C=O) groups excluding carboxylic acids is 1. The Hall–Kier alpha value is -2.24. The van der Waals surface area contributed by atoms with Crippen LogP contribution in [0.2, 0.25) is 0 Å². The van der Waals surface area contributed by atoms with Crippen LogP contribution in [0.4, 0.5) is 0 Å². The highest BCUT2D eigenvalue weighted by atomic mass is 16.5. The van der Waals surface area contributed by atoms with Gasteiger partial charge in [0.25, 0.3) is 0 Å². The van der Waals surface area contributed by atoms with E-state index in [0.29, 0.717) is 37.4 Å². The zero-order valence-corrected chi connectivity index (χ0v) is 15.3. The molecule has 3 atom stereocenters. The summed E-state index contributed by atoms with van der Waals surface area (Å²) in [4.78, 5) is 25.8. The van der Waals surface area contributed by atoms with Crippen molar-refractivity contribution in [2.75, 3.05) is 27.3 Å². The van der Waals surface area contributed by atoms with Crippen molar-refractivity contribution in [1.29, 1.82) is 0 Å². The number of nitrogens with zero attached hydrogens (tertiary/aromatic N) is 1. The average Bonchev–Trinajstić information content (AvgIpc) is 2.60. The van der Waals surface area contributed by atoms with Gasteiger partial charge in [0, 0.05) is 19.0 Å². The van der Waals surface area contributed by atoms with Crippen molar-refractivity contribution in [3.05, 3.63) is 23.8 Å². The van der Waals surface area contributed by atoms with Crippen molar-refractivity contribution in [3.63, 3.8) is 0 Å². The van der Waals surface area contributed by atoms with Gasteiger partial charge in [-0.25, -0.2) is 0 Å². The third-order valence-corrected chi connectivity index (χ3v) is 4.73. The van der Waals surface area contributed by atoms with Crippen LogP contribution in [0.1, 0.15) is 25.8 Å². The van der Waals surface area contributed by atoms with E-state index in [0.717, 1.165) is 5.56 Å². The van der Waals surface area contributed by atoms with Gasteiger partial charge >= 0.3 is 5.97 Å². The van der Waals surface area contributed by atoms with Crippen LogP contribution in [-0.4, -0.2) is 49.2 Å². The first-order chi connectivity index (χ1) is 11.8. The van der Waals surface area contributed by atoms with E-state index in [2.05, 4.69) is 0 Å². The number of carboxylic acid groups (broad SMARTS) is 1. The molecule has 0 aliphatic carbocycles. The minimum atomic E-state index is -0.822. The topological polar surface area (TPSA) is 76.1 Å². The molecule has 2 rings (SSSR count). The Balaban J connectivity index is 2.05. The minimum absolute atomic E-state index is 0.00702. The molecule has 138 valence electrons. The van der Waals surface area contributed by atoms with Gasteiger partial charge in [0.15, 0.2) is 11.5 Å². The van der Waals surface area contributed by atoms with Crippen molar-refractivity contribution in [2.24, 2.45) is 17.8 Å². The highest BCUT2D eigenvalue weighted by Gasteiger charge is 2.33. The number of benzene rings is 1. The second-order valence-electron chi connectivity index (χ2n) is 6.91. The van der Waals surface area contributed by atoms with Crippen LogP contribution in [0.25, 0.3) is 0 Å². The largest absolute Gasteiger partial charge is 0.493 e. The van der Waals surface area contributed by atoms with Crippen molar-refractivity contribution in [3.8, 4) is 11.5 Å². The predicted octanol–water partition coefficient (Wildman–Crippen LogP) is 2.45. The number of hydrogen-bond acceptors (Lipinski definition) is 4. The smallest absolute Gasteiger partial charge is 0.308 e. The van der Waals surface area contributed by atoms with E-state index in [1.54, 1.807) is 19.1 Å². The van der Waals surface area contributed by atoms with Gasteiger partial charge in [-0.1, -0.05) is 19.9 Å². The molecule has 0 aromatic heterocycles. The second kappa shape index (κ2) is 8.23. The first-order valence-electron chi connectivity index (χ1n) is 8.58. The van der Waals surface area contributed by atoms with Crippen LogP contribution in [0.15, 0.2) is 18.2 Å². The number of hydrogen-bond donors (Lipinski definition) is 1. The highest BCUT2D eigenvalue weighted by molar-refractivity contribution is 5.80. The number of piperidine rings is 1. The monoisotopic (exact) mass is 349 g/mol. The third-order valence-electron chi connectivity index (χ3n) is 4.73. The van der Waals surface area contributed by atoms with Gasteiger partial charge in [0.2, 0.25) is 5.91 Å². The van der Waals surface area contributed by atoms with E-state index in [4.69, 9.17) is 9.47 Å². The molecule has 1 amide bonds. The van der Waals surface area contributed by atoms with Gasteiger partial charge < -0.3 is 19.5 Å². The first-order valence-corrected chi connectivity index (χ1v) is 8.58. The van der Waals surface area contributed by atoms with Gasteiger partial charge in [-0.2, -0.15) is 0 Å². The number of methoxy groups -OCH3 is 2. The molecule has 1 fully saturated rings. The Morgan fingerprint density at radius 1 is 1.24 bits per heavy atom. The van der Waals surface area contributed by atoms with Gasteiger partial charge in [0.05, 0.1) is 20.1 Å². The lowest BCUT2D eigenvalue weighted by Crippen LogP contribution is -2.47. The molecular formula is C19H27NO5. The average molecular weight is 349 g/mol. The minimum Gasteiger partial charge on any atom is -0.493 e. The van der Waals surface area contributed by atoms with Crippen LogP contribution in [0.3, 0.4) is 0 Å². The van der Waals surface area contributed by atoms with Crippen molar-refractivity contribution in [2.45, 2.75) is 26.7 Å². The number of carboxylic acids is 1. The zero-order valence-electron chi connectivity index (χ0n) is 15.3. The summed E-state index contributed by atoms with van der Waals surface area (Å²) in [6.45, 7) is 4.80. The molecule has 3 unspecified atom stereocenters. The fraction of sp³-hybridized carbons (Fsp3) is 0.579. The lowest BCUT2D eigenvalue weighted by atomic mass is 9.89. The van der Waals surface area contributed by atoms with Gasteiger partial charge in [-0.3, -0.25) is 9.59 Å². The number of carbonyl (C=O) groups is 2. The van der Waals surface area contributed by atoms with E-state index in [1.807, 2.05) is 32.0 Å². The van der Waals surface area contributed by atoms with Crippen LogP contribution >= 0.6 is 0 Å². The SMILES string of the molecule is COc1ccc(CC(C)C(=O)N2CC(C)CC(C(=O)O)C2)cc1OC. The number of rotatable bonds is 6. The summed E-state index contributed by atoms with van der Waals surface area (Å²) in [5.41, 5.74) is 0.985. The van der Waals surface area contributed by atoms with E-state index in [-0.39, 0.29) is 17.7 Å². The van der Waals surface area contributed by atoms with Crippen molar-refractivity contribution < 1.29 is 24.2 Å². The molecule has 1 aromatic carbocycles. The molecule has 6 nitrogen and oxygen atoms in total. The summed E-state index contributed by atoms with van der Waals surface area (Å²) in [7, 11) is 3.16. The number of aliphatic carboxylic acids is 1. The van der Waals surface area contributed by atoms with Gasteiger partial charge in [-0.05, 0) is 36.5 Å². The summed E-state index contributed by atoms with van der Waals surface area (Å²) >= 11 is 0. The van der Waals surface area contributed by atoms with Crippen molar-refractivity contribution in [1.82, 2.24) is 4.90 Å². The molecule has 0 saturated carbocycles. The summed E-state index contributed by atoms with van der Waals surface area (Å²) < 4.78 is 10.5. The Kier molecular flexibility index (Phi) is 6.28. The molecule has 0 bridgehead atoms. The Morgan fingerprint density at radius 2 is 1.92 bits per heavy atom. The summed E-state index contributed by atoms with van der Waals surface area (Å²) in [5, 5.41) is 9.27. The van der Waals surface area contributed by atoms with E-state index in [1.165, 1.54) is 0 Å². The number of ether oxygens (including phenoxy) is 2. The maximum atomic E-state index is 12.8. The Labute approximate surface area is 148 Å². The molecule has 1 aromatic rings. The first kappa shape index (κ1) is 19.1. The molecule has 1 aliphatic heterocycles. The van der Waals surface area contributed by atoms with Crippen LogP contribution in [-0.2, 0) is 16.0 Å². The van der Waals surface area contributed by atoms with Gasteiger partial charge in [-0.15, -0.1) is 0 Å². The van der Waals surface area contributed by atoms with Crippen LogP contribution in [0.5, 0.6) is 11.5 Å². The third kappa shape index (κ3) is 4.65. The van der Waals surface area contributed by atoms with Gasteiger partial charge in [0.1, 0.15) is 0 Å². The molecule has 0 radical (unpaired) electrons. The predicted molar refractivity (Wildman–Crippen MR) is 93.9 cm³/mol. The maximum absolute atomic E-state index is 12.8. The quantitative estimate of drug-likeness (QED) is 0.854. The molecule has 1 heterocycles. The lowest BCUT2D eigenvalue weighted by molar-refractivity contribution is -0.148. The zero-order chi connectivity index (χ0) is 18.6. The fourth-order valence-electron chi connectivity index (χ4n) is 3.47. The molecule has 0 spiro atoms. The highest BCUT2D eigenvalue weighted by Crippen LogP contribution is 2.29. The van der Waals surface area contributed by atoms with E-state index < -0.39 is 11.9 Å². The Bertz CT molecular complexity index is 630. The molecular weight excluding hydrogens is 322 g/mol. The normalized spacial score (nSPS) is 21.5. The summed E-state index contributed by atoms with van der Waals surface area (Å²) in [5.74, 6) is -0.0213. The fourth-order valence-corrected chi connectivity index (χ4v) is 3.47. The van der Waals surface area contributed by atoms with E-state index >= 15 is 0 Å². The maximum Gasteiger partial charge on any atom is 0.308 e. The number of likely N-dealkylation sites (tertiary alicyclic amines) is 1. The molecule has 1 N–H and O–H groups in total. The van der Waals surface area contributed by atoms with Crippen molar-refractivity contribution >= 4 is 11.9 Å². The second-order valence-corrected chi connectivity index (χ2v) is 6.91. The van der Waals surface area contributed by atoms with Crippen LogP contribution < -0.4 is 9.47 Å². The van der Waals surface area contributed by atoms with E-state index in [9.17, 15) is 14.7 Å². The summed E-state index contributed by atoms with van der Waals surface area (Å²) in [6.07, 6.45) is 1.20. The standard InChI is InChI=1S/C19H27NO5/c1-12-7-15(19(22)23)11-20(10-12)18(21)13(2)8-14-5-6-16(24-3)17(9-14)25-4/h5-6,9,12-13,15H,7-8,10-11H2,1-4H3,(H,22,23). The van der Waals surface area contributed by atoms with Crippen LogP contribution in [0, 0.1) is 17.8 Å². The molecule has 6 heteroatoms. The molecule has 1 saturated heterocycles.